The van der Waals surface area contributed by atoms with Crippen molar-refractivity contribution in [1.82, 2.24) is 30.7 Å². The fourth-order valence-corrected chi connectivity index (χ4v) is 6.15. The standard InChI is InChI=1S/C26H20N6O8S2/c33-12-3-1-11(2-4-12)18(28-22(36)13-9-27-8-7-16(13)34)23(37)29-19-24(38)32-20(26(39)40)14(10-42-25(19)32)21(41)15-5-6-17(35)31-30-15/h1-9,18-19,25,33H,10H2,(H,27,34)(H,28,36)(H,29,37)(H,31,35)(H,39,40)/t18?,19?,25-/m0/s1. The molecule has 3 amide bonds. The number of amides is 3. The number of hydrogen-bond acceptors (Lipinski definition) is 10. The number of thioether (sulfide) groups is 1. The average Bonchev–Trinajstić information content (AvgIpc) is 2.98. The molecule has 0 spiro atoms. The van der Waals surface area contributed by atoms with E-state index >= 15 is 0 Å². The predicted octanol–water partition coefficient (Wildman–Crippen LogP) is -0.208. The number of aromatic nitrogens is 3. The van der Waals surface area contributed by atoms with Gasteiger partial charge in [0, 0.05) is 35.9 Å². The third-order valence-electron chi connectivity index (χ3n) is 6.49. The van der Waals surface area contributed by atoms with Crippen molar-refractivity contribution in [2.45, 2.75) is 17.5 Å². The summed E-state index contributed by atoms with van der Waals surface area (Å²) in [5.74, 6) is -3.82. The van der Waals surface area contributed by atoms with Gasteiger partial charge in [0.1, 0.15) is 40.2 Å². The molecule has 2 aromatic heterocycles. The zero-order chi connectivity index (χ0) is 30.1. The van der Waals surface area contributed by atoms with Gasteiger partial charge in [-0.2, -0.15) is 5.10 Å². The number of carbonyl (C=O) groups is 4. The maximum Gasteiger partial charge on any atom is 0.353 e. The molecule has 5 rings (SSSR count). The van der Waals surface area contributed by atoms with E-state index in [0.29, 0.717) is 0 Å². The molecule has 0 aliphatic carbocycles. The van der Waals surface area contributed by atoms with Crippen LogP contribution in [0.1, 0.15) is 27.7 Å². The number of aliphatic carboxylic acids is 1. The summed E-state index contributed by atoms with van der Waals surface area (Å²) < 4.78 is 0. The first-order valence-electron chi connectivity index (χ1n) is 12.2. The number of nitrogens with zero attached hydrogens (tertiary/aromatic N) is 2. The van der Waals surface area contributed by atoms with E-state index in [2.05, 4.69) is 25.8 Å². The van der Waals surface area contributed by atoms with Gasteiger partial charge < -0.3 is 25.8 Å². The molecule has 1 fully saturated rings. The lowest BCUT2D eigenvalue weighted by Crippen LogP contribution is -2.71. The van der Waals surface area contributed by atoms with Crippen molar-refractivity contribution in [3.63, 3.8) is 0 Å². The van der Waals surface area contributed by atoms with E-state index in [0.717, 1.165) is 22.7 Å². The molecule has 0 bridgehead atoms. The topological polar surface area (TPSA) is 215 Å². The van der Waals surface area contributed by atoms with Gasteiger partial charge in [-0.15, -0.1) is 11.8 Å². The SMILES string of the molecule is O=C(O)C1=C(C(=S)c2ccc(=O)[nH]n2)CS[C@H]2C(NC(=O)C(NC(=O)c3c[nH]ccc3=O)c3ccc(O)cc3)C(=O)N12. The van der Waals surface area contributed by atoms with Crippen LogP contribution in [0.4, 0.5) is 0 Å². The van der Waals surface area contributed by atoms with Crippen molar-refractivity contribution in [3.05, 3.63) is 104 Å². The van der Waals surface area contributed by atoms with Gasteiger partial charge >= 0.3 is 5.97 Å². The van der Waals surface area contributed by atoms with Gasteiger partial charge in [0.25, 0.3) is 17.4 Å². The Morgan fingerprint density at radius 3 is 2.48 bits per heavy atom. The number of β-lactam (4-membered cyclic amide) rings is 1. The van der Waals surface area contributed by atoms with Gasteiger partial charge in [0.05, 0.1) is 4.86 Å². The molecule has 1 aromatic carbocycles. The van der Waals surface area contributed by atoms with Crippen LogP contribution >= 0.6 is 24.0 Å². The van der Waals surface area contributed by atoms with E-state index in [-0.39, 0.29) is 44.5 Å². The number of phenolic OH excluding ortho intramolecular Hbond substituents is 1. The van der Waals surface area contributed by atoms with Crippen molar-refractivity contribution in [2.75, 3.05) is 5.75 Å². The third-order valence-corrected chi connectivity index (χ3v) is 8.22. The Kier molecular flexibility index (Phi) is 7.73. The molecule has 2 aliphatic rings. The molecule has 3 aromatic rings. The van der Waals surface area contributed by atoms with Gasteiger partial charge in [-0.3, -0.25) is 28.9 Å². The highest BCUT2D eigenvalue weighted by Gasteiger charge is 2.55. The van der Waals surface area contributed by atoms with Crippen molar-refractivity contribution in [3.8, 4) is 5.75 Å². The second-order valence-electron chi connectivity index (χ2n) is 9.08. The summed E-state index contributed by atoms with van der Waals surface area (Å²) in [6.07, 6.45) is 2.52. The Hall–Kier alpha value is -5.09. The summed E-state index contributed by atoms with van der Waals surface area (Å²) in [4.78, 5) is 79.0. The first kappa shape index (κ1) is 28.4. The molecule has 0 saturated carbocycles. The number of benzene rings is 1. The normalized spacial score (nSPS) is 18.4. The fraction of sp³-hybridized carbons (Fsp3) is 0.154. The van der Waals surface area contributed by atoms with Crippen LogP contribution < -0.4 is 21.6 Å². The van der Waals surface area contributed by atoms with E-state index in [1.54, 1.807) is 0 Å². The van der Waals surface area contributed by atoms with Gasteiger partial charge in [-0.05, 0) is 23.8 Å². The molecule has 16 heteroatoms. The lowest BCUT2D eigenvalue weighted by atomic mass is 9.99. The molecule has 3 atom stereocenters. The molecular formula is C26H20N6O8S2. The van der Waals surface area contributed by atoms with E-state index in [9.17, 15) is 39.0 Å². The minimum atomic E-state index is -1.41. The molecule has 0 radical (unpaired) electrons. The van der Waals surface area contributed by atoms with E-state index in [1.165, 1.54) is 48.8 Å². The van der Waals surface area contributed by atoms with E-state index in [1.807, 2.05) is 0 Å². The minimum absolute atomic E-state index is 0.0425. The number of fused-ring (bicyclic) bond motifs is 1. The number of aromatic amines is 2. The Bertz CT molecular complexity index is 1760. The van der Waals surface area contributed by atoms with Crippen LogP contribution in [-0.4, -0.2) is 76.0 Å². The summed E-state index contributed by atoms with van der Waals surface area (Å²) in [6.45, 7) is 0. The average molecular weight is 609 g/mol. The zero-order valence-corrected chi connectivity index (χ0v) is 22.8. The molecule has 2 aliphatic heterocycles. The Labute approximate surface area is 244 Å². The van der Waals surface area contributed by atoms with Gasteiger partial charge in [-0.1, -0.05) is 24.4 Å². The van der Waals surface area contributed by atoms with Crippen molar-refractivity contribution in [2.24, 2.45) is 0 Å². The van der Waals surface area contributed by atoms with Crippen LogP contribution in [0, 0.1) is 0 Å². The Morgan fingerprint density at radius 2 is 1.83 bits per heavy atom. The largest absolute Gasteiger partial charge is 0.508 e. The van der Waals surface area contributed by atoms with E-state index < -0.39 is 52.1 Å². The summed E-state index contributed by atoms with van der Waals surface area (Å²) in [5.41, 5.74) is -1.12. The quantitative estimate of drug-likeness (QED) is 0.112. The number of H-pyrrole nitrogens is 2. The van der Waals surface area contributed by atoms with Crippen LogP contribution in [0.3, 0.4) is 0 Å². The number of nitrogens with one attached hydrogen (secondary N) is 4. The first-order valence-corrected chi connectivity index (χ1v) is 13.6. The lowest BCUT2D eigenvalue weighted by molar-refractivity contribution is -0.150. The monoisotopic (exact) mass is 608 g/mol. The van der Waals surface area contributed by atoms with Gasteiger partial charge in [-0.25, -0.2) is 9.89 Å². The molecule has 4 heterocycles. The first-order chi connectivity index (χ1) is 20.1. The molecule has 14 nitrogen and oxygen atoms in total. The van der Waals surface area contributed by atoms with Gasteiger partial charge in [0.2, 0.25) is 5.91 Å². The molecule has 42 heavy (non-hydrogen) atoms. The predicted molar refractivity (Wildman–Crippen MR) is 152 cm³/mol. The summed E-state index contributed by atoms with van der Waals surface area (Å²) >= 11 is 6.57. The number of pyridine rings is 1. The number of carboxylic acids is 1. The fourth-order valence-electron chi connectivity index (χ4n) is 4.42. The van der Waals surface area contributed by atoms with Crippen molar-refractivity contribution < 1.29 is 29.4 Å². The second-order valence-corrected chi connectivity index (χ2v) is 10.6. The highest BCUT2D eigenvalue weighted by Crippen LogP contribution is 2.41. The maximum absolute atomic E-state index is 13.5. The van der Waals surface area contributed by atoms with Gasteiger partial charge in [0.15, 0.2) is 5.43 Å². The highest BCUT2D eigenvalue weighted by atomic mass is 32.2. The molecule has 6 N–H and O–H groups in total. The zero-order valence-electron chi connectivity index (χ0n) is 21.2. The smallest absolute Gasteiger partial charge is 0.353 e. The minimum Gasteiger partial charge on any atom is -0.508 e. The summed E-state index contributed by atoms with van der Waals surface area (Å²) in [7, 11) is 0. The van der Waals surface area contributed by atoms with E-state index in [4.69, 9.17) is 12.2 Å². The Morgan fingerprint density at radius 1 is 1.10 bits per heavy atom. The lowest BCUT2D eigenvalue weighted by Gasteiger charge is -2.49. The molecule has 214 valence electrons. The number of carbonyl (C=O) groups excluding carboxylic acids is 3. The van der Waals surface area contributed by atoms with Crippen LogP contribution in [0.15, 0.2) is 75.7 Å². The molecular weight excluding hydrogens is 588 g/mol. The second kappa shape index (κ2) is 11.4. The number of phenols is 1. The van der Waals surface area contributed by atoms with Crippen LogP contribution in [0.25, 0.3) is 0 Å². The highest BCUT2D eigenvalue weighted by molar-refractivity contribution is 8.00. The number of carboxylic acid groups (broad SMARTS) is 1. The third kappa shape index (κ3) is 5.31. The maximum atomic E-state index is 13.5. The summed E-state index contributed by atoms with van der Waals surface area (Å²) in [6, 6.07) is 6.54. The van der Waals surface area contributed by atoms with Crippen LogP contribution in [-0.2, 0) is 14.4 Å². The number of aromatic hydroxyl groups is 1. The Balaban J connectivity index is 1.39. The summed E-state index contributed by atoms with van der Waals surface area (Å²) in [5, 5.41) is 30.0. The number of rotatable bonds is 8. The number of hydrogen-bond donors (Lipinski definition) is 6. The van der Waals surface area contributed by atoms with Crippen molar-refractivity contribution >= 4 is 52.5 Å². The molecule has 1 saturated heterocycles. The van der Waals surface area contributed by atoms with Crippen LogP contribution in [0.2, 0.25) is 0 Å². The molecule has 2 unspecified atom stereocenters. The van der Waals surface area contributed by atoms with Crippen molar-refractivity contribution in [1.29, 1.82) is 0 Å². The number of thiocarbonyl (C=S) groups is 1. The van der Waals surface area contributed by atoms with Crippen LogP contribution in [0.5, 0.6) is 5.75 Å².